The third kappa shape index (κ3) is 4.16. The first-order valence-corrected chi connectivity index (χ1v) is 11.0. The molecule has 0 aromatic heterocycles. The number of para-hydroxylation sites is 1. The zero-order valence-electron chi connectivity index (χ0n) is 16.3. The van der Waals surface area contributed by atoms with Gasteiger partial charge in [-0.05, 0) is 62.1 Å². The highest BCUT2D eigenvalue weighted by Crippen LogP contribution is 2.32. The second-order valence-corrected chi connectivity index (χ2v) is 9.28. The predicted octanol–water partition coefficient (Wildman–Crippen LogP) is 3.44. The smallest absolute Gasteiger partial charge is 0.232 e. The summed E-state index contributed by atoms with van der Waals surface area (Å²) < 4.78 is 26.0. The summed E-state index contributed by atoms with van der Waals surface area (Å²) in [5.74, 6) is -0.0505. The number of rotatable bonds is 5. The van der Waals surface area contributed by atoms with E-state index in [0.717, 1.165) is 28.8 Å². The van der Waals surface area contributed by atoms with Gasteiger partial charge in [-0.3, -0.25) is 9.10 Å². The second kappa shape index (κ2) is 7.35. The van der Waals surface area contributed by atoms with Crippen molar-refractivity contribution in [1.82, 2.24) is 0 Å². The Morgan fingerprint density at radius 3 is 2.41 bits per heavy atom. The molecule has 0 fully saturated rings. The van der Waals surface area contributed by atoms with Crippen molar-refractivity contribution in [1.29, 1.82) is 0 Å². The molecule has 27 heavy (non-hydrogen) atoms. The van der Waals surface area contributed by atoms with E-state index in [2.05, 4.69) is 0 Å². The molecule has 0 radical (unpaired) electrons. The lowest BCUT2D eigenvalue weighted by Gasteiger charge is -2.26. The number of fused-ring (bicyclic) bond motifs is 1. The number of sulfonamides is 1. The number of aryl methyl sites for hydroxylation is 2. The SMILES string of the molecule is Cc1cc(C)cc(N(CCC(=O)N2c3ccccc3CC2C)S(C)(=O)=O)c1. The molecule has 2 aromatic carbocycles. The zero-order valence-corrected chi connectivity index (χ0v) is 17.1. The quantitative estimate of drug-likeness (QED) is 0.791. The van der Waals surface area contributed by atoms with Crippen LogP contribution in [0.25, 0.3) is 0 Å². The minimum atomic E-state index is -3.48. The van der Waals surface area contributed by atoms with Crippen molar-refractivity contribution in [3.8, 4) is 0 Å². The summed E-state index contributed by atoms with van der Waals surface area (Å²) in [6.07, 6.45) is 2.15. The van der Waals surface area contributed by atoms with Crippen LogP contribution in [0.5, 0.6) is 0 Å². The number of anilines is 2. The molecule has 1 amide bonds. The third-order valence-corrected chi connectivity index (χ3v) is 6.09. The van der Waals surface area contributed by atoms with Crippen LogP contribution in [-0.2, 0) is 21.2 Å². The van der Waals surface area contributed by atoms with Crippen LogP contribution >= 0.6 is 0 Å². The number of amides is 1. The van der Waals surface area contributed by atoms with Crippen molar-refractivity contribution in [3.05, 3.63) is 59.2 Å². The zero-order chi connectivity index (χ0) is 19.8. The number of nitrogens with zero attached hydrogens (tertiary/aromatic N) is 2. The van der Waals surface area contributed by atoms with Crippen molar-refractivity contribution in [2.24, 2.45) is 0 Å². The monoisotopic (exact) mass is 386 g/mol. The van der Waals surface area contributed by atoms with Crippen LogP contribution in [0, 0.1) is 13.8 Å². The summed E-state index contributed by atoms with van der Waals surface area (Å²) in [4.78, 5) is 14.7. The van der Waals surface area contributed by atoms with Gasteiger partial charge in [0.1, 0.15) is 0 Å². The normalized spacial score (nSPS) is 16.3. The van der Waals surface area contributed by atoms with E-state index in [4.69, 9.17) is 0 Å². The van der Waals surface area contributed by atoms with Gasteiger partial charge in [-0.1, -0.05) is 24.3 Å². The van der Waals surface area contributed by atoms with Crippen molar-refractivity contribution in [3.63, 3.8) is 0 Å². The minimum Gasteiger partial charge on any atom is -0.309 e. The Morgan fingerprint density at radius 2 is 1.78 bits per heavy atom. The van der Waals surface area contributed by atoms with Crippen LogP contribution < -0.4 is 9.21 Å². The van der Waals surface area contributed by atoms with Crippen LogP contribution in [0.4, 0.5) is 11.4 Å². The molecule has 1 atom stereocenters. The molecular formula is C21H26N2O3S. The Balaban J connectivity index is 1.81. The average molecular weight is 387 g/mol. The molecule has 0 spiro atoms. The highest BCUT2D eigenvalue weighted by molar-refractivity contribution is 7.92. The molecule has 1 unspecified atom stereocenters. The molecule has 0 N–H and O–H groups in total. The van der Waals surface area contributed by atoms with E-state index in [-0.39, 0.29) is 24.9 Å². The first kappa shape index (κ1) is 19.4. The van der Waals surface area contributed by atoms with Crippen molar-refractivity contribution < 1.29 is 13.2 Å². The van der Waals surface area contributed by atoms with Crippen LogP contribution in [0.2, 0.25) is 0 Å². The van der Waals surface area contributed by atoms with Gasteiger partial charge < -0.3 is 4.90 Å². The minimum absolute atomic E-state index is 0.0505. The van der Waals surface area contributed by atoms with Gasteiger partial charge in [0.2, 0.25) is 15.9 Å². The lowest BCUT2D eigenvalue weighted by Crippen LogP contribution is -2.39. The van der Waals surface area contributed by atoms with Gasteiger partial charge in [0.25, 0.3) is 0 Å². The molecule has 6 heteroatoms. The third-order valence-electron chi connectivity index (χ3n) is 4.90. The van der Waals surface area contributed by atoms with Crippen LogP contribution in [0.15, 0.2) is 42.5 Å². The Kier molecular flexibility index (Phi) is 5.29. The fourth-order valence-electron chi connectivity index (χ4n) is 3.84. The molecule has 1 aliphatic rings. The van der Waals surface area contributed by atoms with E-state index in [1.54, 1.807) is 4.90 Å². The molecule has 1 aliphatic heterocycles. The molecule has 2 aromatic rings. The fraction of sp³-hybridized carbons (Fsp3) is 0.381. The van der Waals surface area contributed by atoms with E-state index in [0.29, 0.717) is 5.69 Å². The van der Waals surface area contributed by atoms with Gasteiger partial charge in [0.05, 0.1) is 11.9 Å². The molecule has 1 heterocycles. The number of hydrogen-bond donors (Lipinski definition) is 0. The summed E-state index contributed by atoms with van der Waals surface area (Å²) in [6, 6.07) is 13.7. The first-order chi connectivity index (χ1) is 12.7. The molecule has 0 saturated carbocycles. The van der Waals surface area contributed by atoms with Gasteiger partial charge >= 0.3 is 0 Å². The Labute approximate surface area is 161 Å². The predicted molar refractivity (Wildman–Crippen MR) is 110 cm³/mol. The Hall–Kier alpha value is -2.34. The van der Waals surface area contributed by atoms with Gasteiger partial charge in [0.15, 0.2) is 0 Å². The molecule has 144 valence electrons. The lowest BCUT2D eigenvalue weighted by atomic mass is 10.1. The van der Waals surface area contributed by atoms with Crippen LogP contribution in [0.1, 0.15) is 30.0 Å². The van der Waals surface area contributed by atoms with Gasteiger partial charge in [-0.2, -0.15) is 0 Å². The van der Waals surface area contributed by atoms with Gasteiger partial charge in [-0.15, -0.1) is 0 Å². The number of benzene rings is 2. The van der Waals surface area contributed by atoms with Crippen LogP contribution in [-0.4, -0.2) is 33.2 Å². The van der Waals surface area contributed by atoms with E-state index in [1.165, 1.54) is 10.6 Å². The number of hydrogen-bond acceptors (Lipinski definition) is 3. The molecular weight excluding hydrogens is 360 g/mol. The average Bonchev–Trinajstić information content (AvgIpc) is 2.88. The topological polar surface area (TPSA) is 57.7 Å². The standard InChI is InChI=1S/C21H26N2O3S/c1-15-11-16(2)13-19(12-15)22(27(4,25)26)10-9-21(24)23-17(3)14-18-7-5-6-8-20(18)23/h5-8,11-13,17H,9-10,14H2,1-4H3. The van der Waals surface area contributed by atoms with E-state index in [1.807, 2.05) is 63.2 Å². The highest BCUT2D eigenvalue weighted by atomic mass is 32.2. The maximum absolute atomic E-state index is 12.9. The van der Waals surface area contributed by atoms with E-state index < -0.39 is 10.0 Å². The summed E-state index contributed by atoms with van der Waals surface area (Å²) >= 11 is 0. The van der Waals surface area contributed by atoms with Crippen molar-refractivity contribution in [2.45, 2.75) is 39.7 Å². The molecule has 3 rings (SSSR count). The van der Waals surface area contributed by atoms with Crippen molar-refractivity contribution in [2.75, 3.05) is 22.0 Å². The Bertz CT molecular complexity index is 949. The lowest BCUT2D eigenvalue weighted by molar-refractivity contribution is -0.118. The van der Waals surface area contributed by atoms with E-state index >= 15 is 0 Å². The molecule has 5 nitrogen and oxygen atoms in total. The molecule has 0 aliphatic carbocycles. The van der Waals surface area contributed by atoms with Gasteiger partial charge in [-0.25, -0.2) is 8.42 Å². The van der Waals surface area contributed by atoms with Gasteiger partial charge in [0, 0.05) is 24.7 Å². The number of carbonyl (C=O) groups is 1. The maximum Gasteiger partial charge on any atom is 0.232 e. The molecule has 0 saturated heterocycles. The first-order valence-electron chi connectivity index (χ1n) is 9.13. The highest BCUT2D eigenvalue weighted by Gasteiger charge is 2.31. The van der Waals surface area contributed by atoms with Crippen molar-refractivity contribution >= 4 is 27.3 Å². The summed E-state index contributed by atoms with van der Waals surface area (Å²) in [6.45, 7) is 6.03. The second-order valence-electron chi connectivity index (χ2n) is 7.38. The Morgan fingerprint density at radius 1 is 1.15 bits per heavy atom. The largest absolute Gasteiger partial charge is 0.309 e. The number of carbonyl (C=O) groups excluding carboxylic acids is 1. The molecule has 0 bridgehead atoms. The fourth-order valence-corrected chi connectivity index (χ4v) is 4.76. The summed E-state index contributed by atoms with van der Waals surface area (Å²) in [5, 5.41) is 0. The van der Waals surface area contributed by atoms with Crippen LogP contribution in [0.3, 0.4) is 0 Å². The summed E-state index contributed by atoms with van der Waals surface area (Å²) in [5.41, 5.74) is 4.69. The summed E-state index contributed by atoms with van der Waals surface area (Å²) in [7, 11) is -3.48. The maximum atomic E-state index is 12.9. The van der Waals surface area contributed by atoms with E-state index in [9.17, 15) is 13.2 Å².